The second kappa shape index (κ2) is 9.02. The maximum atomic E-state index is 12.5. The van der Waals surface area contributed by atoms with Crippen molar-refractivity contribution in [1.82, 2.24) is 19.7 Å². The van der Waals surface area contributed by atoms with Crippen LogP contribution in [0.4, 0.5) is 5.13 Å². The molecule has 1 amide bonds. The Kier molecular flexibility index (Phi) is 6.24. The average Bonchev–Trinajstić information content (AvgIpc) is 3.27. The van der Waals surface area contributed by atoms with E-state index >= 15 is 0 Å². The molecule has 4 saturated carbocycles. The molecule has 2 aromatic heterocycles. The van der Waals surface area contributed by atoms with E-state index in [1.807, 2.05) is 7.05 Å². The van der Waals surface area contributed by atoms with Crippen molar-refractivity contribution in [3.8, 4) is 0 Å². The van der Waals surface area contributed by atoms with Gasteiger partial charge in [0.05, 0.1) is 18.1 Å². The minimum absolute atomic E-state index is 0.185. The molecular formula is C23H31N5O3S2. The number of ether oxygens (including phenoxy) is 1. The van der Waals surface area contributed by atoms with E-state index in [2.05, 4.69) is 25.1 Å². The summed E-state index contributed by atoms with van der Waals surface area (Å²) in [6.45, 7) is 3.80. The molecule has 4 fully saturated rings. The van der Waals surface area contributed by atoms with Gasteiger partial charge in [0.25, 0.3) is 0 Å². The molecule has 2 heterocycles. The molecule has 4 aliphatic rings. The zero-order valence-electron chi connectivity index (χ0n) is 19.4. The van der Waals surface area contributed by atoms with Crippen molar-refractivity contribution >= 4 is 40.1 Å². The van der Waals surface area contributed by atoms with Crippen molar-refractivity contribution in [2.45, 2.75) is 63.9 Å². The zero-order chi connectivity index (χ0) is 23.2. The Morgan fingerprint density at radius 2 is 1.85 bits per heavy atom. The quantitative estimate of drug-likeness (QED) is 0.437. The van der Waals surface area contributed by atoms with Crippen LogP contribution in [0.25, 0.3) is 0 Å². The molecule has 0 atom stereocenters. The molecule has 8 nitrogen and oxygen atoms in total. The van der Waals surface area contributed by atoms with Gasteiger partial charge in [-0.3, -0.25) is 4.79 Å². The van der Waals surface area contributed by atoms with Crippen molar-refractivity contribution in [3.05, 3.63) is 16.4 Å². The lowest BCUT2D eigenvalue weighted by Gasteiger charge is -2.56. The molecule has 33 heavy (non-hydrogen) atoms. The average molecular weight is 490 g/mol. The van der Waals surface area contributed by atoms with Gasteiger partial charge in [-0.2, -0.15) is 0 Å². The van der Waals surface area contributed by atoms with Gasteiger partial charge in [0.2, 0.25) is 5.91 Å². The molecule has 6 rings (SSSR count). The summed E-state index contributed by atoms with van der Waals surface area (Å²) in [5.74, 6) is 3.40. The highest BCUT2D eigenvalue weighted by molar-refractivity contribution is 7.99. The highest BCUT2D eigenvalue weighted by Crippen LogP contribution is 2.60. The number of nitrogens with one attached hydrogen (secondary N) is 1. The first kappa shape index (κ1) is 22.8. The lowest BCUT2D eigenvalue weighted by atomic mass is 9.49. The number of thiazole rings is 1. The maximum Gasteiger partial charge on any atom is 0.350 e. The Hall–Kier alpha value is -1.94. The SMILES string of the molecule is CCOC(=O)c1sc(NC(=O)CSc2nnc(CC34CC5CC(CC(C5)C3)C4)n2C)nc1C. The fourth-order valence-electron chi connectivity index (χ4n) is 6.59. The van der Waals surface area contributed by atoms with Crippen LogP contribution < -0.4 is 5.32 Å². The van der Waals surface area contributed by atoms with Crippen LogP contribution in [0.3, 0.4) is 0 Å². The van der Waals surface area contributed by atoms with E-state index in [1.165, 1.54) is 50.3 Å². The summed E-state index contributed by atoms with van der Waals surface area (Å²) in [6.07, 6.45) is 9.35. The van der Waals surface area contributed by atoms with E-state index in [9.17, 15) is 9.59 Å². The van der Waals surface area contributed by atoms with Crippen LogP contribution in [0.5, 0.6) is 0 Å². The van der Waals surface area contributed by atoms with E-state index in [-0.39, 0.29) is 11.7 Å². The molecule has 0 aliphatic heterocycles. The van der Waals surface area contributed by atoms with Gasteiger partial charge in [-0.25, -0.2) is 9.78 Å². The van der Waals surface area contributed by atoms with Crippen molar-refractivity contribution in [2.24, 2.45) is 30.2 Å². The van der Waals surface area contributed by atoms with Gasteiger partial charge < -0.3 is 14.6 Å². The van der Waals surface area contributed by atoms with E-state index in [0.717, 1.165) is 46.5 Å². The molecule has 0 radical (unpaired) electrons. The number of rotatable bonds is 8. The molecule has 10 heteroatoms. The predicted octanol–water partition coefficient (Wildman–Crippen LogP) is 4.25. The van der Waals surface area contributed by atoms with E-state index in [1.54, 1.807) is 13.8 Å². The van der Waals surface area contributed by atoms with Crippen molar-refractivity contribution in [1.29, 1.82) is 0 Å². The molecule has 0 unspecified atom stereocenters. The second-order valence-corrected chi connectivity index (χ2v) is 12.0. The molecule has 4 aliphatic carbocycles. The molecule has 0 saturated heterocycles. The smallest absolute Gasteiger partial charge is 0.350 e. The third-order valence-electron chi connectivity index (χ3n) is 7.46. The number of anilines is 1. The monoisotopic (exact) mass is 489 g/mol. The van der Waals surface area contributed by atoms with Crippen LogP contribution >= 0.6 is 23.1 Å². The fraction of sp³-hybridized carbons (Fsp3) is 0.696. The van der Waals surface area contributed by atoms with Crippen LogP contribution in [-0.2, 0) is 23.0 Å². The third-order valence-corrected chi connectivity index (χ3v) is 9.53. The van der Waals surface area contributed by atoms with Gasteiger partial charge in [0, 0.05) is 13.5 Å². The van der Waals surface area contributed by atoms with Gasteiger partial charge in [0.1, 0.15) is 10.7 Å². The Labute approximate surface area is 202 Å². The van der Waals surface area contributed by atoms with Gasteiger partial charge in [-0.05, 0) is 75.5 Å². The van der Waals surface area contributed by atoms with Crippen LogP contribution in [-0.4, -0.2) is 44.0 Å². The van der Waals surface area contributed by atoms with Gasteiger partial charge in [0.15, 0.2) is 10.3 Å². The van der Waals surface area contributed by atoms with Crippen LogP contribution in [0, 0.1) is 30.1 Å². The largest absolute Gasteiger partial charge is 0.462 e. The van der Waals surface area contributed by atoms with E-state index < -0.39 is 5.97 Å². The molecule has 0 aromatic carbocycles. The summed E-state index contributed by atoms with van der Waals surface area (Å²) in [4.78, 5) is 29.1. The van der Waals surface area contributed by atoms with Crippen LogP contribution in [0.15, 0.2) is 5.16 Å². The summed E-state index contributed by atoms with van der Waals surface area (Å²) in [7, 11) is 2.01. The summed E-state index contributed by atoms with van der Waals surface area (Å²) >= 11 is 2.51. The standard InChI is InChI=1S/C23H31N5O3S2/c1-4-31-20(30)19-13(2)24-21(33-19)25-18(29)12-32-22-27-26-17(28(22)3)11-23-8-14-5-15(9-23)7-16(6-14)10-23/h14-16H,4-12H2,1-3H3,(H,24,25,29). The number of thioether (sulfide) groups is 1. The Bertz CT molecular complexity index is 1030. The number of aromatic nitrogens is 4. The highest BCUT2D eigenvalue weighted by Gasteiger charge is 2.51. The third kappa shape index (κ3) is 4.69. The first-order chi connectivity index (χ1) is 15.8. The van der Waals surface area contributed by atoms with E-state index in [4.69, 9.17) is 4.74 Å². The highest BCUT2D eigenvalue weighted by atomic mass is 32.2. The van der Waals surface area contributed by atoms with Gasteiger partial charge in [-0.15, -0.1) is 10.2 Å². The summed E-state index contributed by atoms with van der Waals surface area (Å²) in [5, 5.41) is 12.8. The lowest BCUT2D eigenvalue weighted by molar-refractivity contribution is -0.113. The number of nitrogens with zero attached hydrogens (tertiary/aromatic N) is 4. The molecule has 0 spiro atoms. The number of carbonyl (C=O) groups excluding carboxylic acids is 2. The zero-order valence-corrected chi connectivity index (χ0v) is 21.1. The minimum atomic E-state index is -0.409. The van der Waals surface area contributed by atoms with Gasteiger partial charge >= 0.3 is 5.97 Å². The Morgan fingerprint density at radius 1 is 1.18 bits per heavy atom. The molecule has 2 aromatic rings. The first-order valence-corrected chi connectivity index (χ1v) is 13.6. The number of carbonyl (C=O) groups is 2. The van der Waals surface area contributed by atoms with Crippen molar-refractivity contribution in [3.63, 3.8) is 0 Å². The number of amides is 1. The minimum Gasteiger partial charge on any atom is -0.462 e. The summed E-state index contributed by atoms with van der Waals surface area (Å²) in [6, 6.07) is 0. The van der Waals surface area contributed by atoms with Crippen LogP contribution in [0.2, 0.25) is 0 Å². The van der Waals surface area contributed by atoms with Gasteiger partial charge in [-0.1, -0.05) is 23.1 Å². The Balaban J connectivity index is 1.17. The Morgan fingerprint density at radius 3 is 2.48 bits per heavy atom. The number of hydrogen-bond donors (Lipinski definition) is 1. The van der Waals surface area contributed by atoms with Crippen molar-refractivity contribution < 1.29 is 14.3 Å². The normalized spacial score (nSPS) is 27.7. The second-order valence-electron chi connectivity index (χ2n) is 10.0. The van der Waals surface area contributed by atoms with E-state index in [0.29, 0.717) is 27.7 Å². The number of esters is 1. The number of aryl methyl sites for hydroxylation is 1. The molecular weight excluding hydrogens is 458 g/mol. The lowest BCUT2D eigenvalue weighted by Crippen LogP contribution is -2.47. The van der Waals surface area contributed by atoms with Crippen LogP contribution in [0.1, 0.15) is 66.6 Å². The predicted molar refractivity (Wildman–Crippen MR) is 127 cm³/mol. The fourth-order valence-corrected chi connectivity index (χ4v) is 8.19. The molecule has 1 N–H and O–H groups in total. The molecule has 178 valence electrons. The topological polar surface area (TPSA) is 99.0 Å². The number of hydrogen-bond acceptors (Lipinski definition) is 8. The first-order valence-electron chi connectivity index (χ1n) is 11.8. The molecule has 4 bridgehead atoms. The summed E-state index contributed by atoms with van der Waals surface area (Å²) in [5.41, 5.74) is 0.970. The van der Waals surface area contributed by atoms with Crippen molar-refractivity contribution in [2.75, 3.05) is 17.7 Å². The maximum absolute atomic E-state index is 12.5. The summed E-state index contributed by atoms with van der Waals surface area (Å²) < 4.78 is 7.09.